The van der Waals surface area contributed by atoms with Crippen LogP contribution in [0.2, 0.25) is 0 Å². The summed E-state index contributed by atoms with van der Waals surface area (Å²) in [6.45, 7) is 4.51. The molecule has 1 unspecified atom stereocenters. The van der Waals surface area contributed by atoms with E-state index in [1.54, 1.807) is 11.3 Å². The van der Waals surface area contributed by atoms with Crippen molar-refractivity contribution in [1.82, 2.24) is 10.3 Å². The van der Waals surface area contributed by atoms with Crippen LogP contribution in [0.25, 0.3) is 0 Å². The van der Waals surface area contributed by atoms with Gasteiger partial charge in [-0.25, -0.2) is 4.98 Å². The standard InChI is InChI=1S/C12H20N2S/c1-3-10(4-2)14-11(9-5-6-9)12-13-7-8-15-12/h7-11,14H,3-6H2,1-2H3. The van der Waals surface area contributed by atoms with Gasteiger partial charge < -0.3 is 5.32 Å². The van der Waals surface area contributed by atoms with Gasteiger partial charge in [-0.15, -0.1) is 11.3 Å². The van der Waals surface area contributed by atoms with Crippen molar-refractivity contribution in [2.75, 3.05) is 0 Å². The van der Waals surface area contributed by atoms with E-state index in [1.165, 1.54) is 30.7 Å². The highest BCUT2D eigenvalue weighted by atomic mass is 32.1. The summed E-state index contributed by atoms with van der Waals surface area (Å²) in [4.78, 5) is 4.46. The summed E-state index contributed by atoms with van der Waals surface area (Å²) in [7, 11) is 0. The number of thiazole rings is 1. The quantitative estimate of drug-likeness (QED) is 0.801. The first-order chi connectivity index (χ1) is 7.35. The predicted octanol–water partition coefficient (Wildman–Crippen LogP) is 3.37. The minimum absolute atomic E-state index is 0.523. The summed E-state index contributed by atoms with van der Waals surface area (Å²) in [5.74, 6) is 0.844. The largest absolute Gasteiger partial charge is 0.305 e. The Morgan fingerprint density at radius 3 is 2.67 bits per heavy atom. The molecular formula is C12H20N2S. The van der Waals surface area contributed by atoms with Crippen LogP contribution in [0.3, 0.4) is 0 Å². The van der Waals surface area contributed by atoms with E-state index < -0.39 is 0 Å². The molecule has 1 aliphatic rings. The van der Waals surface area contributed by atoms with Gasteiger partial charge in [0.2, 0.25) is 0 Å². The molecule has 1 N–H and O–H groups in total. The topological polar surface area (TPSA) is 24.9 Å². The summed E-state index contributed by atoms with van der Waals surface area (Å²) in [5, 5.41) is 7.13. The van der Waals surface area contributed by atoms with Crippen molar-refractivity contribution in [3.8, 4) is 0 Å². The van der Waals surface area contributed by atoms with Crippen LogP contribution in [-0.4, -0.2) is 11.0 Å². The smallest absolute Gasteiger partial charge is 0.110 e. The third kappa shape index (κ3) is 2.79. The molecule has 0 aromatic carbocycles. The van der Waals surface area contributed by atoms with E-state index in [9.17, 15) is 0 Å². The Morgan fingerprint density at radius 1 is 1.47 bits per heavy atom. The first-order valence-electron chi connectivity index (χ1n) is 6.00. The first-order valence-corrected chi connectivity index (χ1v) is 6.88. The second-order valence-corrected chi connectivity index (χ2v) is 5.29. The Balaban J connectivity index is 2.00. The van der Waals surface area contributed by atoms with E-state index in [-0.39, 0.29) is 0 Å². The normalized spacial score (nSPS) is 18.3. The molecule has 1 aliphatic carbocycles. The van der Waals surface area contributed by atoms with Gasteiger partial charge in [-0.05, 0) is 31.6 Å². The molecule has 15 heavy (non-hydrogen) atoms. The maximum atomic E-state index is 4.46. The van der Waals surface area contributed by atoms with E-state index in [0.29, 0.717) is 12.1 Å². The molecule has 1 saturated carbocycles. The Morgan fingerprint density at radius 2 is 2.20 bits per heavy atom. The molecule has 2 nitrogen and oxygen atoms in total. The van der Waals surface area contributed by atoms with Gasteiger partial charge in [0.05, 0.1) is 6.04 Å². The number of hydrogen-bond donors (Lipinski definition) is 1. The fourth-order valence-electron chi connectivity index (χ4n) is 2.00. The highest BCUT2D eigenvalue weighted by Crippen LogP contribution is 2.41. The number of nitrogens with one attached hydrogen (secondary N) is 1. The van der Waals surface area contributed by atoms with Crippen molar-refractivity contribution >= 4 is 11.3 Å². The van der Waals surface area contributed by atoms with E-state index in [0.717, 1.165) is 5.92 Å². The van der Waals surface area contributed by atoms with Gasteiger partial charge in [0.25, 0.3) is 0 Å². The van der Waals surface area contributed by atoms with Gasteiger partial charge in [-0.1, -0.05) is 13.8 Å². The highest BCUT2D eigenvalue weighted by molar-refractivity contribution is 7.09. The van der Waals surface area contributed by atoms with E-state index in [4.69, 9.17) is 0 Å². The second kappa shape index (κ2) is 5.08. The predicted molar refractivity (Wildman–Crippen MR) is 65.1 cm³/mol. The number of nitrogens with zero attached hydrogens (tertiary/aromatic N) is 1. The molecule has 3 heteroatoms. The van der Waals surface area contributed by atoms with E-state index in [2.05, 4.69) is 29.5 Å². The molecule has 84 valence electrons. The Bertz CT molecular complexity index is 276. The number of hydrogen-bond acceptors (Lipinski definition) is 3. The summed E-state index contributed by atoms with van der Waals surface area (Å²) < 4.78 is 0. The van der Waals surface area contributed by atoms with Crippen LogP contribution in [0, 0.1) is 5.92 Å². The van der Waals surface area contributed by atoms with Crippen molar-refractivity contribution < 1.29 is 0 Å². The minimum atomic E-state index is 0.523. The van der Waals surface area contributed by atoms with Crippen LogP contribution in [0.1, 0.15) is 50.6 Å². The zero-order chi connectivity index (χ0) is 10.7. The molecule has 0 bridgehead atoms. The molecule has 0 radical (unpaired) electrons. The molecule has 0 aliphatic heterocycles. The van der Waals surface area contributed by atoms with Crippen LogP contribution in [0.15, 0.2) is 11.6 Å². The fraction of sp³-hybridized carbons (Fsp3) is 0.750. The average Bonchev–Trinajstić information content (AvgIpc) is 2.95. The van der Waals surface area contributed by atoms with Crippen molar-refractivity contribution in [2.24, 2.45) is 5.92 Å². The third-order valence-corrected chi connectivity index (χ3v) is 4.07. The number of rotatable bonds is 6. The van der Waals surface area contributed by atoms with Crippen LogP contribution < -0.4 is 5.32 Å². The molecule has 1 fully saturated rings. The molecule has 1 aromatic heterocycles. The molecule has 1 heterocycles. The Kier molecular flexibility index (Phi) is 3.76. The van der Waals surface area contributed by atoms with Crippen LogP contribution in [-0.2, 0) is 0 Å². The second-order valence-electron chi connectivity index (χ2n) is 4.37. The van der Waals surface area contributed by atoms with Gasteiger partial charge in [0, 0.05) is 17.6 Å². The van der Waals surface area contributed by atoms with Crippen molar-refractivity contribution in [2.45, 2.75) is 51.6 Å². The SMILES string of the molecule is CCC(CC)NC(c1nccs1)C1CC1. The van der Waals surface area contributed by atoms with Gasteiger partial charge in [0.15, 0.2) is 0 Å². The van der Waals surface area contributed by atoms with Gasteiger partial charge in [0.1, 0.15) is 5.01 Å². The van der Waals surface area contributed by atoms with Gasteiger partial charge >= 0.3 is 0 Å². The monoisotopic (exact) mass is 224 g/mol. The average molecular weight is 224 g/mol. The molecular weight excluding hydrogens is 204 g/mol. The molecule has 0 amide bonds. The number of aromatic nitrogens is 1. The van der Waals surface area contributed by atoms with Crippen LogP contribution in [0.5, 0.6) is 0 Å². The minimum Gasteiger partial charge on any atom is -0.305 e. The van der Waals surface area contributed by atoms with Crippen molar-refractivity contribution in [3.05, 3.63) is 16.6 Å². The van der Waals surface area contributed by atoms with Gasteiger partial charge in [-0.2, -0.15) is 0 Å². The lowest BCUT2D eigenvalue weighted by Crippen LogP contribution is -2.33. The molecule has 0 spiro atoms. The maximum absolute atomic E-state index is 4.46. The van der Waals surface area contributed by atoms with Crippen LogP contribution >= 0.6 is 11.3 Å². The lowest BCUT2D eigenvalue weighted by atomic mass is 10.1. The summed E-state index contributed by atoms with van der Waals surface area (Å²) in [6, 6.07) is 1.18. The van der Waals surface area contributed by atoms with Crippen molar-refractivity contribution in [3.63, 3.8) is 0 Å². The summed E-state index contributed by atoms with van der Waals surface area (Å²) in [5.41, 5.74) is 0. The summed E-state index contributed by atoms with van der Waals surface area (Å²) in [6.07, 6.45) is 7.09. The third-order valence-electron chi connectivity index (χ3n) is 3.21. The highest BCUT2D eigenvalue weighted by Gasteiger charge is 2.34. The zero-order valence-electron chi connectivity index (χ0n) is 9.57. The lowest BCUT2D eigenvalue weighted by Gasteiger charge is -2.22. The first kappa shape index (κ1) is 11.1. The fourth-order valence-corrected chi connectivity index (χ4v) is 2.79. The van der Waals surface area contributed by atoms with Crippen LogP contribution in [0.4, 0.5) is 0 Å². The molecule has 1 atom stereocenters. The van der Waals surface area contributed by atoms with Crippen molar-refractivity contribution in [1.29, 1.82) is 0 Å². The van der Waals surface area contributed by atoms with E-state index in [1.807, 2.05) is 6.20 Å². The molecule has 2 rings (SSSR count). The Hall–Kier alpha value is -0.410. The van der Waals surface area contributed by atoms with Gasteiger partial charge in [-0.3, -0.25) is 0 Å². The van der Waals surface area contributed by atoms with E-state index >= 15 is 0 Å². The lowest BCUT2D eigenvalue weighted by molar-refractivity contribution is 0.385. The molecule has 1 aromatic rings. The molecule has 0 saturated heterocycles. The zero-order valence-corrected chi connectivity index (χ0v) is 10.4. The summed E-state index contributed by atoms with van der Waals surface area (Å²) >= 11 is 1.79. The Labute approximate surface area is 96.1 Å². The maximum Gasteiger partial charge on any atom is 0.110 e.